The second-order valence-corrected chi connectivity index (χ2v) is 8.20. The Morgan fingerprint density at radius 2 is 1.88 bits per heavy atom. The number of hydrogen-bond donors (Lipinski definition) is 0. The molecule has 2 aliphatic heterocycles. The average molecular weight is 342 g/mol. The van der Waals surface area contributed by atoms with Crippen molar-refractivity contribution in [3.63, 3.8) is 0 Å². The maximum absolute atomic E-state index is 12.7. The predicted molar refractivity (Wildman–Crippen MR) is 87.9 cm³/mol. The topological polar surface area (TPSA) is 57.7 Å². The molecule has 2 aliphatic carbocycles. The molecule has 1 aromatic rings. The van der Waals surface area contributed by atoms with Gasteiger partial charge in [0.1, 0.15) is 6.54 Å². The minimum absolute atomic E-state index is 0.0937. The van der Waals surface area contributed by atoms with Gasteiger partial charge < -0.3 is 4.90 Å². The Labute approximate surface area is 143 Å². The summed E-state index contributed by atoms with van der Waals surface area (Å²) in [5.74, 6) is -0.434. The average Bonchev–Trinajstić information content (AvgIpc) is 3.34. The second kappa shape index (κ2) is 5.02. The van der Waals surface area contributed by atoms with Crippen LogP contribution in [0.1, 0.15) is 16.9 Å². The monoisotopic (exact) mass is 342 g/mol. The third-order valence-electron chi connectivity index (χ3n) is 6.02. The van der Waals surface area contributed by atoms with Gasteiger partial charge in [-0.3, -0.25) is 19.3 Å². The summed E-state index contributed by atoms with van der Waals surface area (Å²) in [6, 6.07) is 2.05. The molecule has 0 aromatic carbocycles. The molecule has 4 atom stereocenters. The van der Waals surface area contributed by atoms with Gasteiger partial charge >= 0.3 is 0 Å². The van der Waals surface area contributed by atoms with Crippen molar-refractivity contribution in [1.82, 2.24) is 9.80 Å². The van der Waals surface area contributed by atoms with Crippen molar-refractivity contribution in [2.75, 3.05) is 13.1 Å². The summed E-state index contributed by atoms with van der Waals surface area (Å²) in [7, 11) is 0. The maximum atomic E-state index is 12.7. The minimum Gasteiger partial charge on any atom is -0.336 e. The van der Waals surface area contributed by atoms with E-state index in [9.17, 15) is 14.4 Å². The van der Waals surface area contributed by atoms with Crippen LogP contribution in [0.25, 0.3) is 0 Å². The molecule has 5 nitrogen and oxygen atoms in total. The Kier molecular flexibility index (Phi) is 3.01. The van der Waals surface area contributed by atoms with Gasteiger partial charge in [-0.15, -0.1) is 11.3 Å². The van der Waals surface area contributed by atoms with Crippen LogP contribution in [0.2, 0.25) is 0 Å². The van der Waals surface area contributed by atoms with E-state index in [1.54, 1.807) is 16.2 Å². The molecule has 2 bridgehead atoms. The molecule has 1 saturated carbocycles. The third-order valence-corrected chi connectivity index (χ3v) is 7.04. The molecule has 3 heterocycles. The molecule has 6 heteroatoms. The number of carbonyl (C=O) groups is 3. The van der Waals surface area contributed by atoms with E-state index in [2.05, 4.69) is 23.6 Å². The Bertz CT molecular complexity index is 753. The fraction of sp³-hybridized carbons (Fsp3) is 0.500. The van der Waals surface area contributed by atoms with Gasteiger partial charge in [-0.2, -0.15) is 0 Å². The number of allylic oxidation sites excluding steroid dienone is 2. The van der Waals surface area contributed by atoms with Crippen molar-refractivity contribution in [1.29, 1.82) is 0 Å². The highest BCUT2D eigenvalue weighted by atomic mass is 32.1. The van der Waals surface area contributed by atoms with Crippen LogP contribution in [-0.2, 0) is 27.3 Å². The number of nitrogens with zero attached hydrogens (tertiary/aromatic N) is 2. The lowest BCUT2D eigenvalue weighted by Crippen LogP contribution is -2.45. The smallest absolute Gasteiger partial charge is 0.243 e. The molecule has 1 saturated heterocycles. The Hall–Kier alpha value is -1.95. The highest BCUT2D eigenvalue weighted by molar-refractivity contribution is 7.10. The first-order chi connectivity index (χ1) is 11.6. The SMILES string of the molecule is O=C(CN1C(=O)C2C3C=CC(C3)C2C1=O)N1CCc2sccc2C1. The van der Waals surface area contributed by atoms with Crippen LogP contribution in [0.4, 0.5) is 0 Å². The van der Waals surface area contributed by atoms with E-state index < -0.39 is 0 Å². The molecule has 4 aliphatic rings. The standard InChI is InChI=1S/C18H18N2O3S/c21-14(19-5-3-13-12(8-19)4-6-24-13)9-20-17(22)15-10-1-2-11(7-10)16(15)18(20)23/h1-2,4,6,10-11,15-16H,3,5,7-9H2. The molecule has 5 rings (SSSR count). The van der Waals surface area contributed by atoms with E-state index >= 15 is 0 Å². The highest BCUT2D eigenvalue weighted by Gasteiger charge is 2.59. The van der Waals surface area contributed by atoms with Gasteiger partial charge in [0, 0.05) is 18.0 Å². The quantitative estimate of drug-likeness (QED) is 0.604. The van der Waals surface area contributed by atoms with E-state index in [4.69, 9.17) is 0 Å². The largest absolute Gasteiger partial charge is 0.336 e. The molecule has 4 unspecified atom stereocenters. The zero-order valence-corrected chi connectivity index (χ0v) is 14.0. The number of carbonyl (C=O) groups excluding carboxylic acids is 3. The normalized spacial score (nSPS) is 33.3. The van der Waals surface area contributed by atoms with E-state index in [1.165, 1.54) is 15.3 Å². The lowest BCUT2D eigenvalue weighted by atomic mass is 9.85. The van der Waals surface area contributed by atoms with Crippen molar-refractivity contribution < 1.29 is 14.4 Å². The molecule has 2 fully saturated rings. The zero-order chi connectivity index (χ0) is 16.4. The molecule has 3 amide bonds. The number of amides is 3. The van der Waals surface area contributed by atoms with Gasteiger partial charge in [0.15, 0.2) is 0 Å². The number of imide groups is 1. The molecule has 1 aromatic heterocycles. The van der Waals surface area contributed by atoms with Crippen molar-refractivity contribution in [3.05, 3.63) is 34.0 Å². The number of hydrogen-bond acceptors (Lipinski definition) is 4. The fourth-order valence-electron chi connectivity index (χ4n) is 4.82. The van der Waals surface area contributed by atoms with Crippen molar-refractivity contribution in [3.8, 4) is 0 Å². The maximum Gasteiger partial charge on any atom is 0.243 e. The molecular weight excluding hydrogens is 324 g/mol. The lowest BCUT2D eigenvalue weighted by molar-refractivity contribution is -0.147. The minimum atomic E-state index is -0.217. The highest BCUT2D eigenvalue weighted by Crippen LogP contribution is 2.52. The summed E-state index contributed by atoms with van der Waals surface area (Å²) in [6.07, 6.45) is 5.93. The molecule has 24 heavy (non-hydrogen) atoms. The van der Waals surface area contributed by atoms with E-state index in [1.807, 2.05) is 0 Å². The Morgan fingerprint density at radius 3 is 2.58 bits per heavy atom. The van der Waals surface area contributed by atoms with Crippen molar-refractivity contribution in [2.45, 2.75) is 19.4 Å². The zero-order valence-electron chi connectivity index (χ0n) is 13.2. The first-order valence-electron chi connectivity index (χ1n) is 8.50. The van der Waals surface area contributed by atoms with Crippen LogP contribution < -0.4 is 0 Å². The van der Waals surface area contributed by atoms with Gasteiger partial charge in [-0.25, -0.2) is 0 Å². The van der Waals surface area contributed by atoms with E-state index in [0.717, 1.165) is 12.8 Å². The summed E-state index contributed by atoms with van der Waals surface area (Å²) in [6.45, 7) is 1.17. The van der Waals surface area contributed by atoms with Gasteiger partial charge in [0.25, 0.3) is 0 Å². The predicted octanol–water partition coefficient (Wildman–Crippen LogP) is 1.44. The van der Waals surface area contributed by atoms with Crippen molar-refractivity contribution in [2.24, 2.45) is 23.7 Å². The number of likely N-dealkylation sites (tertiary alicyclic amines) is 1. The third kappa shape index (κ3) is 1.89. The fourth-order valence-corrected chi connectivity index (χ4v) is 5.71. The lowest BCUT2D eigenvalue weighted by Gasteiger charge is -2.28. The van der Waals surface area contributed by atoms with Crippen LogP contribution in [0, 0.1) is 23.7 Å². The Morgan fingerprint density at radius 1 is 1.17 bits per heavy atom. The number of fused-ring (bicyclic) bond motifs is 6. The summed E-state index contributed by atoms with van der Waals surface area (Å²) in [5, 5.41) is 2.05. The van der Waals surface area contributed by atoms with Crippen LogP contribution in [0.5, 0.6) is 0 Å². The summed E-state index contributed by atoms with van der Waals surface area (Å²) in [4.78, 5) is 42.3. The molecule has 124 valence electrons. The summed E-state index contributed by atoms with van der Waals surface area (Å²) < 4.78 is 0. The number of rotatable bonds is 2. The summed E-state index contributed by atoms with van der Waals surface area (Å²) >= 11 is 1.73. The first-order valence-corrected chi connectivity index (χ1v) is 9.38. The molecule has 0 radical (unpaired) electrons. The van der Waals surface area contributed by atoms with Crippen LogP contribution in [-0.4, -0.2) is 40.6 Å². The van der Waals surface area contributed by atoms with Crippen LogP contribution >= 0.6 is 11.3 Å². The van der Waals surface area contributed by atoms with Crippen LogP contribution in [0.15, 0.2) is 23.6 Å². The molecule has 0 spiro atoms. The van der Waals surface area contributed by atoms with E-state index in [0.29, 0.717) is 13.1 Å². The van der Waals surface area contributed by atoms with Crippen LogP contribution in [0.3, 0.4) is 0 Å². The van der Waals surface area contributed by atoms with Gasteiger partial charge in [0.05, 0.1) is 11.8 Å². The van der Waals surface area contributed by atoms with Gasteiger partial charge in [-0.1, -0.05) is 12.2 Å². The Balaban J connectivity index is 1.31. The molecule has 0 N–H and O–H groups in total. The van der Waals surface area contributed by atoms with Gasteiger partial charge in [0.2, 0.25) is 17.7 Å². The second-order valence-electron chi connectivity index (χ2n) is 7.20. The molecular formula is C18H18N2O3S. The van der Waals surface area contributed by atoms with Crippen molar-refractivity contribution >= 4 is 29.1 Å². The summed E-state index contributed by atoms with van der Waals surface area (Å²) in [5.41, 5.74) is 1.19. The first kappa shape index (κ1) is 14.4. The number of thiophene rings is 1. The van der Waals surface area contributed by atoms with E-state index in [-0.39, 0.29) is 47.9 Å². The van der Waals surface area contributed by atoms with Gasteiger partial charge in [-0.05, 0) is 41.7 Å².